The largest absolute Gasteiger partial charge is 0.393 e. The van der Waals surface area contributed by atoms with E-state index in [-0.39, 0.29) is 39.5 Å². The molecule has 0 radical (unpaired) electrons. The van der Waals surface area contributed by atoms with Crippen LogP contribution in [0, 0.1) is 74.4 Å². The minimum absolute atomic E-state index is 0.0303. The van der Waals surface area contributed by atoms with Crippen molar-refractivity contribution in [1.29, 1.82) is 0 Å². The molecule has 0 aromatic carbocycles. The summed E-state index contributed by atoms with van der Waals surface area (Å²) in [5, 5.41) is 22.6. The lowest BCUT2D eigenvalue weighted by Crippen LogP contribution is -2.70. The maximum atomic E-state index is 14.8. The van der Waals surface area contributed by atoms with E-state index in [1.54, 1.807) is 0 Å². The van der Waals surface area contributed by atoms with E-state index >= 15 is 0 Å². The highest BCUT2D eigenvalue weighted by Gasteiger charge is 2.73. The number of carbonyl (C=O) groups is 2. The lowest BCUT2D eigenvalue weighted by Gasteiger charge is -2.72. The summed E-state index contributed by atoms with van der Waals surface area (Å²) in [6.07, 6.45) is 17.1. The van der Waals surface area contributed by atoms with E-state index in [9.17, 15) is 19.8 Å². The molecule has 2 N–H and O–H groups in total. The Kier molecular flexibility index (Phi) is 6.27. The molecule has 15 atom stereocenters. The van der Waals surface area contributed by atoms with Gasteiger partial charge in [-0.1, -0.05) is 34.1 Å². The van der Waals surface area contributed by atoms with Crippen LogP contribution in [0.1, 0.15) is 137 Å². The summed E-state index contributed by atoms with van der Waals surface area (Å²) < 4.78 is 0. The lowest BCUT2D eigenvalue weighted by atomic mass is 9.31. The second-order valence-corrected chi connectivity index (χ2v) is 18.5. The minimum atomic E-state index is -0.863. The highest BCUT2D eigenvalue weighted by atomic mass is 16.3. The molecule has 0 aliphatic heterocycles. The summed E-state index contributed by atoms with van der Waals surface area (Å²) >= 11 is 0. The first kappa shape index (κ1) is 28.7. The SMILES string of the molecule is C[C@@]12CCC[C@H]1[C@@H]1CCC3CC(O)C(=O)C(C45CC[C@H]6[C@@H]7CC[C@H](O)[C@@]7(C)CC[C@@H]6[C@@]4(C)CCC(=O)C5)[C@]3(C)[C@@H]1CC2. The number of Topliss-reactive ketones (excluding diaryl/α,β-unsaturated/α-hetero) is 2. The average molecular weight is 579 g/mol. The zero-order valence-corrected chi connectivity index (χ0v) is 27.0. The maximum absolute atomic E-state index is 14.8. The molecule has 8 aliphatic carbocycles. The summed E-state index contributed by atoms with van der Waals surface area (Å²) in [4.78, 5) is 28.5. The number of aliphatic hydroxyl groups excluding tert-OH is 2. The maximum Gasteiger partial charge on any atom is 0.165 e. The number of hydrogen-bond donors (Lipinski definition) is 2. The first-order valence-corrected chi connectivity index (χ1v) is 18.3. The molecule has 0 spiro atoms. The van der Waals surface area contributed by atoms with Crippen molar-refractivity contribution >= 4 is 11.6 Å². The van der Waals surface area contributed by atoms with Crippen LogP contribution in [0.5, 0.6) is 0 Å². The number of fused-ring (bicyclic) bond motifs is 10. The normalized spacial score (nSPS) is 60.5. The van der Waals surface area contributed by atoms with Gasteiger partial charge in [0.1, 0.15) is 11.9 Å². The molecule has 8 aliphatic rings. The molecule has 4 heteroatoms. The van der Waals surface area contributed by atoms with Gasteiger partial charge in [0, 0.05) is 18.8 Å². The van der Waals surface area contributed by atoms with Crippen molar-refractivity contribution < 1.29 is 19.8 Å². The van der Waals surface area contributed by atoms with Crippen LogP contribution in [-0.2, 0) is 9.59 Å². The molecule has 234 valence electrons. The molecule has 8 rings (SSSR count). The predicted molar refractivity (Wildman–Crippen MR) is 163 cm³/mol. The monoisotopic (exact) mass is 578 g/mol. The van der Waals surface area contributed by atoms with Crippen LogP contribution in [-0.4, -0.2) is 34.0 Å². The number of hydrogen-bond acceptors (Lipinski definition) is 4. The molecule has 0 aromatic heterocycles. The van der Waals surface area contributed by atoms with Gasteiger partial charge in [0.05, 0.1) is 6.10 Å². The molecule has 0 bridgehead atoms. The number of rotatable bonds is 1. The van der Waals surface area contributed by atoms with Crippen LogP contribution < -0.4 is 0 Å². The van der Waals surface area contributed by atoms with Crippen molar-refractivity contribution in [3.8, 4) is 0 Å². The second kappa shape index (κ2) is 9.17. The predicted octanol–water partition coefficient (Wildman–Crippen LogP) is 7.53. The van der Waals surface area contributed by atoms with Crippen molar-refractivity contribution in [2.45, 2.75) is 149 Å². The van der Waals surface area contributed by atoms with E-state index in [1.165, 1.54) is 38.5 Å². The van der Waals surface area contributed by atoms with E-state index in [0.717, 1.165) is 57.3 Å². The number of aliphatic hydroxyl groups is 2. The molecule has 0 saturated heterocycles. The van der Waals surface area contributed by atoms with Gasteiger partial charge in [0.2, 0.25) is 0 Å². The fourth-order valence-electron chi connectivity index (χ4n) is 15.7. The molecule has 0 aromatic rings. The molecule has 0 heterocycles. The Morgan fingerprint density at radius 1 is 0.690 bits per heavy atom. The number of carbonyl (C=O) groups excluding carboxylic acids is 2. The Balaban J connectivity index is 1.24. The summed E-state index contributed by atoms with van der Waals surface area (Å²) in [5.41, 5.74) is -0.0140. The first-order valence-electron chi connectivity index (χ1n) is 18.3. The zero-order chi connectivity index (χ0) is 29.4. The zero-order valence-electron chi connectivity index (χ0n) is 27.0. The van der Waals surface area contributed by atoms with Gasteiger partial charge in [-0.05, 0) is 158 Å². The van der Waals surface area contributed by atoms with Gasteiger partial charge >= 0.3 is 0 Å². The van der Waals surface area contributed by atoms with Gasteiger partial charge in [-0.25, -0.2) is 0 Å². The summed E-state index contributed by atoms with van der Waals surface area (Å²) in [6, 6.07) is 0. The van der Waals surface area contributed by atoms with E-state index in [4.69, 9.17) is 0 Å². The van der Waals surface area contributed by atoms with E-state index in [0.29, 0.717) is 66.0 Å². The fourth-order valence-corrected chi connectivity index (χ4v) is 15.7. The Bertz CT molecular complexity index is 1160. The average Bonchev–Trinajstić information content (AvgIpc) is 3.49. The topological polar surface area (TPSA) is 74.6 Å². The molecule has 42 heavy (non-hydrogen) atoms. The van der Waals surface area contributed by atoms with Crippen LogP contribution in [0.2, 0.25) is 0 Å². The van der Waals surface area contributed by atoms with Crippen LogP contribution in [0.4, 0.5) is 0 Å². The van der Waals surface area contributed by atoms with Crippen LogP contribution in [0.3, 0.4) is 0 Å². The fraction of sp³-hybridized carbons (Fsp3) is 0.947. The summed E-state index contributed by atoms with van der Waals surface area (Å²) in [5.74, 6) is 4.37. The lowest BCUT2D eigenvalue weighted by molar-refractivity contribution is -0.238. The van der Waals surface area contributed by atoms with E-state index in [2.05, 4.69) is 27.7 Å². The first-order chi connectivity index (χ1) is 19.9. The van der Waals surface area contributed by atoms with Gasteiger partial charge in [0.25, 0.3) is 0 Å². The molecule has 8 fully saturated rings. The Hall–Kier alpha value is -0.740. The van der Waals surface area contributed by atoms with E-state index in [1.807, 2.05) is 0 Å². The Morgan fingerprint density at radius 3 is 2.26 bits per heavy atom. The van der Waals surface area contributed by atoms with Crippen molar-refractivity contribution in [3.63, 3.8) is 0 Å². The molecule has 0 amide bonds. The van der Waals surface area contributed by atoms with Gasteiger partial charge in [0.15, 0.2) is 5.78 Å². The summed E-state index contributed by atoms with van der Waals surface area (Å²) in [6.45, 7) is 9.96. The van der Waals surface area contributed by atoms with Gasteiger partial charge in [-0.3, -0.25) is 9.59 Å². The number of ketones is 2. The van der Waals surface area contributed by atoms with Gasteiger partial charge in [-0.2, -0.15) is 0 Å². The smallest absolute Gasteiger partial charge is 0.165 e. The van der Waals surface area contributed by atoms with Gasteiger partial charge < -0.3 is 10.2 Å². The third-order valence-corrected chi connectivity index (χ3v) is 17.7. The standard InChI is InChI=1S/C38H58O4/c1-34-15-5-6-26(34)24-8-7-22-20-30(40)32(42)33(37(22,4)29(24)13-16-34)38-19-12-25-27-9-10-31(41)35(27,2)17-14-28(25)36(38,3)18-11-23(39)21-38/h22,24-31,33,40-41H,5-21H2,1-4H3/t22?,24-,25-,26-,27-,28-,29+,30?,31-,33?,34-,35-,36+,37-,38?/m0/s1. The Morgan fingerprint density at radius 2 is 1.45 bits per heavy atom. The van der Waals surface area contributed by atoms with Crippen molar-refractivity contribution in [2.24, 2.45) is 74.4 Å². The van der Waals surface area contributed by atoms with Crippen LogP contribution in [0.25, 0.3) is 0 Å². The molecule has 8 saturated carbocycles. The third kappa shape index (κ3) is 3.39. The third-order valence-electron chi connectivity index (χ3n) is 17.7. The molecular weight excluding hydrogens is 520 g/mol. The quantitative estimate of drug-likeness (QED) is 0.337. The van der Waals surface area contributed by atoms with Crippen molar-refractivity contribution in [2.75, 3.05) is 0 Å². The van der Waals surface area contributed by atoms with Crippen molar-refractivity contribution in [3.05, 3.63) is 0 Å². The highest BCUT2D eigenvalue weighted by Crippen LogP contribution is 2.77. The molecular formula is C38H58O4. The molecule has 4 nitrogen and oxygen atoms in total. The van der Waals surface area contributed by atoms with Crippen LogP contribution in [0.15, 0.2) is 0 Å². The molecule has 4 unspecified atom stereocenters. The summed E-state index contributed by atoms with van der Waals surface area (Å²) in [7, 11) is 0. The van der Waals surface area contributed by atoms with Crippen LogP contribution >= 0.6 is 0 Å². The second-order valence-electron chi connectivity index (χ2n) is 18.5. The van der Waals surface area contributed by atoms with Gasteiger partial charge in [-0.15, -0.1) is 0 Å². The minimum Gasteiger partial charge on any atom is -0.393 e. The van der Waals surface area contributed by atoms with Crippen molar-refractivity contribution in [1.82, 2.24) is 0 Å². The highest BCUT2D eigenvalue weighted by molar-refractivity contribution is 5.90. The Labute approximate surface area is 254 Å². The van der Waals surface area contributed by atoms with E-state index < -0.39 is 6.10 Å².